The van der Waals surface area contributed by atoms with Crippen LogP contribution in [0, 0.1) is 5.92 Å². The number of hydrogen-bond acceptors (Lipinski definition) is 6. The summed E-state index contributed by atoms with van der Waals surface area (Å²) in [6, 6.07) is 12.1. The summed E-state index contributed by atoms with van der Waals surface area (Å²) in [6.45, 7) is 3.70. The van der Waals surface area contributed by atoms with Crippen LogP contribution in [0.2, 0.25) is 0 Å². The predicted octanol–water partition coefficient (Wildman–Crippen LogP) is 4.99. The Labute approximate surface area is 193 Å². The molecule has 0 spiro atoms. The number of ether oxygens (including phenoxy) is 2. The summed E-state index contributed by atoms with van der Waals surface area (Å²) in [4.78, 5) is 17.0. The molecule has 0 unspecified atom stereocenters. The number of benzene rings is 1. The molecule has 7 heteroatoms. The lowest BCUT2D eigenvalue weighted by molar-refractivity contribution is -0.117. The van der Waals surface area contributed by atoms with E-state index in [1.165, 1.54) is 5.56 Å². The van der Waals surface area contributed by atoms with Crippen molar-refractivity contribution < 1.29 is 18.8 Å². The molecular formula is C26H29N3O4. The van der Waals surface area contributed by atoms with Gasteiger partial charge in [0, 0.05) is 36.9 Å². The molecule has 2 fully saturated rings. The van der Waals surface area contributed by atoms with Gasteiger partial charge >= 0.3 is 0 Å². The lowest BCUT2D eigenvalue weighted by atomic mass is 10.0. The van der Waals surface area contributed by atoms with Crippen LogP contribution in [-0.4, -0.2) is 35.4 Å². The second-order valence-corrected chi connectivity index (χ2v) is 8.78. The van der Waals surface area contributed by atoms with Gasteiger partial charge in [-0.1, -0.05) is 24.6 Å². The number of carbonyl (C=O) groups is 1. The molecule has 1 aromatic carbocycles. The number of hydrogen-bond donors (Lipinski definition) is 1. The Balaban J connectivity index is 1.29. The van der Waals surface area contributed by atoms with E-state index in [2.05, 4.69) is 40.6 Å². The summed E-state index contributed by atoms with van der Waals surface area (Å²) in [7, 11) is 0. The number of nitrogens with zero attached hydrogens (tertiary/aromatic N) is 2. The van der Waals surface area contributed by atoms with Gasteiger partial charge in [-0.3, -0.25) is 4.79 Å². The van der Waals surface area contributed by atoms with Gasteiger partial charge in [0.25, 0.3) is 0 Å². The second kappa shape index (κ2) is 9.75. The molecule has 2 aliphatic rings. The van der Waals surface area contributed by atoms with Crippen LogP contribution in [0.4, 0.5) is 5.82 Å². The lowest BCUT2D eigenvalue weighted by Crippen LogP contribution is -2.26. The predicted molar refractivity (Wildman–Crippen MR) is 124 cm³/mol. The molecule has 0 radical (unpaired) electrons. The molecule has 172 valence electrons. The Kier molecular flexibility index (Phi) is 6.39. The van der Waals surface area contributed by atoms with Gasteiger partial charge in [-0.25, -0.2) is 4.98 Å². The molecule has 3 heterocycles. The van der Waals surface area contributed by atoms with Crippen molar-refractivity contribution in [1.82, 2.24) is 10.1 Å². The van der Waals surface area contributed by atoms with Crippen molar-refractivity contribution in [2.45, 2.75) is 51.0 Å². The van der Waals surface area contributed by atoms with Crippen molar-refractivity contribution in [1.29, 1.82) is 0 Å². The number of amides is 1. The van der Waals surface area contributed by atoms with E-state index in [-0.39, 0.29) is 23.8 Å². The quantitative estimate of drug-likeness (QED) is 0.524. The van der Waals surface area contributed by atoms with Crippen LogP contribution in [0.1, 0.15) is 49.8 Å². The summed E-state index contributed by atoms with van der Waals surface area (Å²) in [5, 5.41) is 6.69. The van der Waals surface area contributed by atoms with Gasteiger partial charge < -0.3 is 19.3 Å². The first-order valence-electron chi connectivity index (χ1n) is 11.8. The molecule has 2 aromatic heterocycles. The van der Waals surface area contributed by atoms with Crippen LogP contribution >= 0.6 is 0 Å². The SMILES string of the molecule is CCCc1cc(-c2ccnc(NC(=O)[C@@H]3C[C@H]3c3ccno3)c2)ccc1OC1CCOCC1. The zero-order valence-corrected chi connectivity index (χ0v) is 18.8. The van der Waals surface area contributed by atoms with Crippen molar-refractivity contribution in [2.75, 3.05) is 18.5 Å². The smallest absolute Gasteiger partial charge is 0.229 e. The van der Waals surface area contributed by atoms with E-state index in [1.807, 2.05) is 18.2 Å². The third kappa shape index (κ3) is 5.09. The van der Waals surface area contributed by atoms with Crippen LogP contribution in [0.3, 0.4) is 0 Å². The largest absolute Gasteiger partial charge is 0.490 e. The van der Waals surface area contributed by atoms with Gasteiger partial charge in [-0.05, 0) is 53.8 Å². The van der Waals surface area contributed by atoms with Crippen molar-refractivity contribution in [3.05, 3.63) is 60.1 Å². The molecule has 1 aliphatic carbocycles. The van der Waals surface area contributed by atoms with E-state index >= 15 is 0 Å². The second-order valence-electron chi connectivity index (χ2n) is 8.78. The van der Waals surface area contributed by atoms with Gasteiger partial charge in [0.15, 0.2) is 0 Å². The monoisotopic (exact) mass is 447 g/mol. The van der Waals surface area contributed by atoms with E-state index in [9.17, 15) is 4.79 Å². The van der Waals surface area contributed by atoms with E-state index in [0.29, 0.717) is 5.82 Å². The Morgan fingerprint density at radius 2 is 1.97 bits per heavy atom. The fraction of sp³-hybridized carbons (Fsp3) is 0.423. The minimum absolute atomic E-state index is 0.0343. The van der Waals surface area contributed by atoms with Crippen molar-refractivity contribution in [3.63, 3.8) is 0 Å². The normalized spacial score (nSPS) is 20.4. The third-order valence-corrected chi connectivity index (χ3v) is 6.34. The molecule has 1 saturated heterocycles. The van der Waals surface area contributed by atoms with Crippen LogP contribution < -0.4 is 10.1 Å². The molecule has 1 amide bonds. The first kappa shape index (κ1) is 21.6. The summed E-state index contributed by atoms with van der Waals surface area (Å²) >= 11 is 0. The van der Waals surface area contributed by atoms with Crippen LogP contribution in [0.5, 0.6) is 5.75 Å². The Bertz CT molecular complexity index is 1090. The third-order valence-electron chi connectivity index (χ3n) is 6.34. The Morgan fingerprint density at radius 3 is 2.76 bits per heavy atom. The number of anilines is 1. The number of nitrogens with one attached hydrogen (secondary N) is 1. The number of rotatable bonds is 8. The van der Waals surface area contributed by atoms with E-state index in [1.54, 1.807) is 12.4 Å². The van der Waals surface area contributed by atoms with Gasteiger partial charge in [-0.2, -0.15) is 0 Å². The van der Waals surface area contributed by atoms with Crippen LogP contribution in [0.25, 0.3) is 11.1 Å². The fourth-order valence-electron chi connectivity index (χ4n) is 4.43. The highest BCUT2D eigenvalue weighted by atomic mass is 16.5. The highest BCUT2D eigenvalue weighted by Crippen LogP contribution is 2.47. The summed E-state index contributed by atoms with van der Waals surface area (Å²) < 4.78 is 17.0. The first-order chi connectivity index (χ1) is 16.2. The average Bonchev–Trinajstić information content (AvgIpc) is 3.46. The molecule has 1 aliphatic heterocycles. The molecule has 3 aromatic rings. The number of aryl methyl sites for hydroxylation is 1. The molecule has 0 bridgehead atoms. The highest BCUT2D eigenvalue weighted by molar-refractivity contribution is 5.94. The van der Waals surface area contributed by atoms with Crippen molar-refractivity contribution in [2.24, 2.45) is 5.92 Å². The lowest BCUT2D eigenvalue weighted by Gasteiger charge is -2.25. The van der Waals surface area contributed by atoms with Gasteiger partial charge in [0.1, 0.15) is 23.4 Å². The topological polar surface area (TPSA) is 86.5 Å². The highest BCUT2D eigenvalue weighted by Gasteiger charge is 2.46. The van der Waals surface area contributed by atoms with Gasteiger partial charge in [0.2, 0.25) is 5.91 Å². The number of aromatic nitrogens is 2. The molecule has 1 N–H and O–H groups in total. The van der Waals surface area contributed by atoms with E-state index in [4.69, 9.17) is 14.0 Å². The fourth-order valence-corrected chi connectivity index (χ4v) is 4.43. The maximum Gasteiger partial charge on any atom is 0.229 e. The molecule has 33 heavy (non-hydrogen) atoms. The van der Waals surface area contributed by atoms with Crippen molar-refractivity contribution in [3.8, 4) is 16.9 Å². The van der Waals surface area contributed by atoms with E-state index in [0.717, 1.165) is 68.0 Å². The number of pyridine rings is 1. The van der Waals surface area contributed by atoms with E-state index < -0.39 is 0 Å². The Morgan fingerprint density at radius 1 is 1.12 bits per heavy atom. The first-order valence-corrected chi connectivity index (χ1v) is 11.8. The van der Waals surface area contributed by atoms with Crippen LogP contribution in [-0.2, 0) is 16.0 Å². The average molecular weight is 448 g/mol. The molecular weight excluding hydrogens is 418 g/mol. The van der Waals surface area contributed by atoms with Crippen LogP contribution in [0.15, 0.2) is 53.3 Å². The zero-order chi connectivity index (χ0) is 22.6. The van der Waals surface area contributed by atoms with Gasteiger partial charge in [-0.15, -0.1) is 0 Å². The Hall–Kier alpha value is -3.19. The van der Waals surface area contributed by atoms with Gasteiger partial charge in [0.05, 0.1) is 19.4 Å². The minimum Gasteiger partial charge on any atom is -0.490 e. The summed E-state index contributed by atoms with van der Waals surface area (Å²) in [5.74, 6) is 2.26. The number of carbonyl (C=O) groups excluding carboxylic acids is 1. The maximum atomic E-state index is 12.7. The standard InChI is InChI=1S/C26H29N3O4/c1-2-3-19-14-17(4-5-23(19)32-20-8-12-31-13-9-20)18-6-10-27-25(15-18)29-26(30)22-16-21(22)24-7-11-28-33-24/h4-7,10-11,14-15,20-22H,2-3,8-9,12-13,16H2,1H3,(H,27,29,30)/t21-,22-/m1/s1. The van der Waals surface area contributed by atoms with Crippen molar-refractivity contribution >= 4 is 11.7 Å². The zero-order valence-electron chi connectivity index (χ0n) is 18.8. The maximum absolute atomic E-state index is 12.7. The summed E-state index contributed by atoms with van der Waals surface area (Å²) in [5.41, 5.74) is 3.30. The molecule has 7 nitrogen and oxygen atoms in total. The minimum atomic E-state index is -0.0961. The molecule has 5 rings (SSSR count). The summed E-state index contributed by atoms with van der Waals surface area (Å²) in [6.07, 6.45) is 8.18. The molecule has 1 saturated carbocycles. The molecule has 2 atom stereocenters.